The van der Waals surface area contributed by atoms with Crippen LogP contribution in [0.3, 0.4) is 0 Å². The van der Waals surface area contributed by atoms with Gasteiger partial charge in [-0.3, -0.25) is 14.4 Å². The molecule has 6 rings (SSSR count). The number of rotatable bonds is 13. The van der Waals surface area contributed by atoms with Crippen molar-refractivity contribution in [2.45, 2.75) is 59.3 Å². The van der Waals surface area contributed by atoms with Gasteiger partial charge >= 0.3 is 6.09 Å². The van der Waals surface area contributed by atoms with E-state index in [4.69, 9.17) is 52.1 Å². The Morgan fingerprint density at radius 1 is 0.984 bits per heavy atom. The van der Waals surface area contributed by atoms with E-state index in [2.05, 4.69) is 10.5 Å². The minimum Gasteiger partial charge on any atom is -0.496 e. The van der Waals surface area contributed by atoms with E-state index in [0.29, 0.717) is 69.5 Å². The SMILES string of the molecule is COc1cc2c(cc1-c1cccc(/C(C)=N/OCCNC(=O)CN(C)C(=O)CN(C)C(=O)OC(C)(C)C)c1)-c1c(c(C(=O)N3CCOCC3(C)C)nn1-c1cc(Cl)cc(Cl)c1)CO2. The predicted octanol–water partition coefficient (Wildman–Crippen LogP) is 6.85. The molecule has 0 bridgehead atoms. The number of nitrogens with zero attached hydrogens (tertiary/aromatic N) is 6. The summed E-state index contributed by atoms with van der Waals surface area (Å²) < 4.78 is 24.9. The second kappa shape index (κ2) is 19.3. The van der Waals surface area contributed by atoms with Gasteiger partial charge in [-0.05, 0) is 83.0 Å². The van der Waals surface area contributed by atoms with E-state index < -0.39 is 29.0 Å². The number of halogens is 2. The van der Waals surface area contributed by atoms with Gasteiger partial charge in [-0.1, -0.05) is 46.6 Å². The van der Waals surface area contributed by atoms with E-state index in [1.165, 1.54) is 19.0 Å². The molecule has 16 nitrogen and oxygen atoms in total. The topological polar surface area (TPSA) is 166 Å². The molecule has 0 radical (unpaired) electrons. The number of amides is 4. The number of morpholine rings is 1. The molecule has 1 saturated heterocycles. The molecule has 2 aliphatic rings. The number of methoxy groups -OCH3 is 1. The van der Waals surface area contributed by atoms with Crippen LogP contribution in [0.1, 0.15) is 63.2 Å². The molecular formula is C45H53Cl2N7O9. The van der Waals surface area contributed by atoms with Crippen LogP contribution in [0.4, 0.5) is 4.79 Å². The fourth-order valence-electron chi connectivity index (χ4n) is 7.09. The number of benzene rings is 3. The van der Waals surface area contributed by atoms with Crippen molar-refractivity contribution in [1.29, 1.82) is 0 Å². The Hall–Kier alpha value is -5.84. The smallest absolute Gasteiger partial charge is 0.410 e. The highest BCUT2D eigenvalue weighted by Gasteiger charge is 2.39. The van der Waals surface area contributed by atoms with Crippen LogP contribution < -0.4 is 14.8 Å². The van der Waals surface area contributed by atoms with E-state index >= 15 is 0 Å². The Morgan fingerprint density at radius 3 is 2.40 bits per heavy atom. The van der Waals surface area contributed by atoms with Gasteiger partial charge in [0.25, 0.3) is 5.91 Å². The van der Waals surface area contributed by atoms with Gasteiger partial charge in [0.2, 0.25) is 11.8 Å². The van der Waals surface area contributed by atoms with Crippen LogP contribution >= 0.6 is 23.2 Å². The first-order valence-corrected chi connectivity index (χ1v) is 21.1. The molecule has 1 aromatic heterocycles. The molecule has 4 aromatic rings. The van der Waals surface area contributed by atoms with Gasteiger partial charge in [0, 0.05) is 53.4 Å². The van der Waals surface area contributed by atoms with Crippen LogP contribution in [-0.2, 0) is 30.5 Å². The predicted molar refractivity (Wildman–Crippen MR) is 239 cm³/mol. The molecule has 0 atom stereocenters. The summed E-state index contributed by atoms with van der Waals surface area (Å²) >= 11 is 13.0. The van der Waals surface area contributed by atoms with Crippen molar-refractivity contribution in [3.8, 4) is 39.6 Å². The minimum absolute atomic E-state index is 0.0713. The number of carbonyl (C=O) groups is 4. The maximum atomic E-state index is 14.3. The highest BCUT2D eigenvalue weighted by Crippen LogP contribution is 2.46. The molecule has 18 heteroatoms. The van der Waals surface area contributed by atoms with E-state index in [-0.39, 0.29) is 44.4 Å². The quantitative estimate of drug-likeness (QED) is 0.0853. The zero-order chi connectivity index (χ0) is 45.8. The number of hydrogen-bond donors (Lipinski definition) is 1. The number of oxime groups is 1. The number of carbonyl (C=O) groups excluding carboxylic acids is 4. The Balaban J connectivity index is 1.19. The van der Waals surface area contributed by atoms with Crippen molar-refractivity contribution in [3.05, 3.63) is 81.5 Å². The van der Waals surface area contributed by atoms with Crippen LogP contribution in [0.2, 0.25) is 10.0 Å². The average Bonchev–Trinajstić information content (AvgIpc) is 3.62. The molecule has 63 heavy (non-hydrogen) atoms. The maximum absolute atomic E-state index is 14.3. The molecule has 336 valence electrons. The summed E-state index contributed by atoms with van der Waals surface area (Å²) in [5.74, 6) is 0.0399. The fraction of sp³-hybridized carbons (Fsp3) is 0.422. The third-order valence-electron chi connectivity index (χ3n) is 10.3. The highest BCUT2D eigenvalue weighted by molar-refractivity contribution is 6.34. The second-order valence-corrected chi connectivity index (χ2v) is 17.8. The van der Waals surface area contributed by atoms with Crippen molar-refractivity contribution >= 4 is 52.7 Å². The number of nitrogens with one attached hydrogen (secondary N) is 1. The summed E-state index contributed by atoms with van der Waals surface area (Å²) in [6.45, 7) is 12.0. The molecule has 4 amide bonds. The van der Waals surface area contributed by atoms with Crippen LogP contribution in [-0.4, -0.2) is 132 Å². The monoisotopic (exact) mass is 905 g/mol. The van der Waals surface area contributed by atoms with Crippen LogP contribution in [0, 0.1) is 0 Å². The highest BCUT2D eigenvalue weighted by atomic mass is 35.5. The van der Waals surface area contributed by atoms with E-state index in [1.807, 2.05) is 50.2 Å². The van der Waals surface area contributed by atoms with Gasteiger partial charge < -0.3 is 43.8 Å². The molecule has 0 saturated carbocycles. The van der Waals surface area contributed by atoms with Crippen molar-refractivity contribution in [1.82, 2.24) is 29.8 Å². The standard InChI is InChI=1S/C45H53Cl2N7O9/c1-27(50-62-15-13-48-38(55)23-51(7)39(56)24-52(8)43(58)63-44(2,3)4)28-11-10-12-29(17-28)33-21-34-37(22-36(33)59-9)61-25-35-40(42(57)53-14-16-60-26-45(53,5)6)49-54(41(34)35)32-19-30(46)18-31(47)20-32/h10-12,17-22H,13-16,23-26H2,1-9H3,(H,48,55)/b50-27+. The summed E-state index contributed by atoms with van der Waals surface area (Å²) in [6.07, 6.45) is -0.635. The first-order chi connectivity index (χ1) is 29.8. The molecule has 0 unspecified atom stereocenters. The number of aromatic nitrogens is 2. The molecule has 1 N–H and O–H groups in total. The first kappa shape index (κ1) is 46.7. The molecule has 1 fully saturated rings. The number of ether oxygens (including phenoxy) is 4. The Bertz CT molecular complexity index is 2410. The second-order valence-electron chi connectivity index (χ2n) is 16.9. The van der Waals surface area contributed by atoms with Crippen LogP contribution in [0.15, 0.2) is 59.8 Å². The van der Waals surface area contributed by atoms with Crippen molar-refractivity contribution in [3.63, 3.8) is 0 Å². The van der Waals surface area contributed by atoms with E-state index in [1.54, 1.807) is 62.6 Å². The summed E-state index contributed by atoms with van der Waals surface area (Å²) in [5, 5.41) is 12.7. The Kier molecular flexibility index (Phi) is 14.3. The van der Waals surface area contributed by atoms with Crippen LogP contribution in [0.5, 0.6) is 11.5 Å². The lowest BCUT2D eigenvalue weighted by Gasteiger charge is -2.41. The normalized spacial score (nSPS) is 14.5. The van der Waals surface area contributed by atoms with E-state index in [0.717, 1.165) is 21.6 Å². The van der Waals surface area contributed by atoms with Crippen LogP contribution in [0.25, 0.3) is 28.1 Å². The van der Waals surface area contributed by atoms with Gasteiger partial charge in [0.1, 0.15) is 36.9 Å². The lowest BCUT2D eigenvalue weighted by molar-refractivity contribution is -0.135. The fourth-order valence-corrected chi connectivity index (χ4v) is 7.60. The number of likely N-dealkylation sites (N-methyl/N-ethyl adjacent to an activating group) is 2. The third-order valence-corrected chi connectivity index (χ3v) is 10.7. The largest absolute Gasteiger partial charge is 0.496 e. The number of fused-ring (bicyclic) bond motifs is 3. The molecule has 3 heterocycles. The summed E-state index contributed by atoms with van der Waals surface area (Å²) in [4.78, 5) is 61.4. The van der Waals surface area contributed by atoms with Crippen molar-refractivity contribution < 1.29 is 43.0 Å². The average molecular weight is 907 g/mol. The summed E-state index contributed by atoms with van der Waals surface area (Å²) in [7, 11) is 4.52. The molecule has 2 aliphatic heterocycles. The zero-order valence-corrected chi connectivity index (χ0v) is 38.5. The molecular weight excluding hydrogens is 853 g/mol. The number of hydrogen-bond acceptors (Lipinski definition) is 11. The van der Waals surface area contributed by atoms with Gasteiger partial charge in [-0.15, -0.1) is 0 Å². The lowest BCUT2D eigenvalue weighted by atomic mass is 9.94. The minimum atomic E-state index is -0.701. The lowest BCUT2D eigenvalue weighted by Crippen LogP contribution is -2.55. The maximum Gasteiger partial charge on any atom is 0.410 e. The molecule has 3 aromatic carbocycles. The summed E-state index contributed by atoms with van der Waals surface area (Å²) in [5.41, 5.74) is 4.43. The van der Waals surface area contributed by atoms with Gasteiger partial charge in [0.05, 0.1) is 56.0 Å². The molecule has 0 aliphatic carbocycles. The zero-order valence-electron chi connectivity index (χ0n) is 37.0. The Morgan fingerprint density at radius 2 is 1.71 bits per heavy atom. The van der Waals surface area contributed by atoms with E-state index in [9.17, 15) is 19.2 Å². The summed E-state index contributed by atoms with van der Waals surface area (Å²) in [6, 6.07) is 16.6. The third kappa shape index (κ3) is 11.0. The van der Waals surface area contributed by atoms with Gasteiger partial charge in [-0.2, -0.15) is 5.10 Å². The van der Waals surface area contributed by atoms with Gasteiger partial charge in [-0.25, -0.2) is 9.48 Å². The van der Waals surface area contributed by atoms with Crippen molar-refractivity contribution in [2.24, 2.45) is 5.16 Å². The van der Waals surface area contributed by atoms with Crippen molar-refractivity contribution in [2.75, 3.05) is 67.2 Å². The molecule has 0 spiro atoms. The van der Waals surface area contributed by atoms with Gasteiger partial charge in [0.15, 0.2) is 5.69 Å². The Labute approximate surface area is 376 Å². The first-order valence-electron chi connectivity index (χ1n) is 20.3.